The van der Waals surface area contributed by atoms with E-state index in [2.05, 4.69) is 4.90 Å². The predicted molar refractivity (Wildman–Crippen MR) is 80.5 cm³/mol. The molecule has 0 aliphatic carbocycles. The molecule has 0 bridgehead atoms. The van der Waals surface area contributed by atoms with Gasteiger partial charge >= 0.3 is 5.97 Å². The third-order valence-corrected chi connectivity index (χ3v) is 3.26. The fourth-order valence-corrected chi connectivity index (χ4v) is 2.21. The van der Waals surface area contributed by atoms with Gasteiger partial charge in [0.05, 0.1) is 0 Å². The molecule has 1 aromatic carbocycles. The SMILES string of the molecule is Cc1ccc(OCC(=O)OC2CCCN(C)C2)cc1.Cl. The third kappa shape index (κ3) is 5.39. The van der Waals surface area contributed by atoms with Crippen LogP contribution >= 0.6 is 12.4 Å². The van der Waals surface area contributed by atoms with E-state index in [1.165, 1.54) is 5.56 Å². The first kappa shape index (κ1) is 16.8. The fraction of sp³-hybridized carbons (Fsp3) is 0.533. The highest BCUT2D eigenvalue weighted by molar-refractivity contribution is 5.85. The lowest BCUT2D eigenvalue weighted by atomic mass is 10.1. The smallest absolute Gasteiger partial charge is 0.344 e. The van der Waals surface area contributed by atoms with Crippen LogP contribution in [-0.4, -0.2) is 43.7 Å². The number of benzene rings is 1. The first-order chi connectivity index (χ1) is 9.13. The van der Waals surface area contributed by atoms with Crippen molar-refractivity contribution < 1.29 is 14.3 Å². The average molecular weight is 300 g/mol. The molecule has 1 fully saturated rings. The number of likely N-dealkylation sites (N-methyl/N-ethyl adjacent to an activating group) is 1. The van der Waals surface area contributed by atoms with Gasteiger partial charge in [-0.15, -0.1) is 12.4 Å². The molecule has 4 nitrogen and oxygen atoms in total. The maximum atomic E-state index is 11.7. The Morgan fingerprint density at radius 1 is 1.35 bits per heavy atom. The molecule has 2 rings (SSSR count). The lowest BCUT2D eigenvalue weighted by Gasteiger charge is -2.29. The van der Waals surface area contributed by atoms with Crippen molar-refractivity contribution in [2.75, 3.05) is 26.7 Å². The monoisotopic (exact) mass is 299 g/mol. The molecule has 1 aliphatic heterocycles. The Labute approximate surface area is 126 Å². The number of likely N-dealkylation sites (tertiary alicyclic amines) is 1. The summed E-state index contributed by atoms with van der Waals surface area (Å²) >= 11 is 0. The van der Waals surface area contributed by atoms with Gasteiger partial charge in [-0.3, -0.25) is 0 Å². The highest BCUT2D eigenvalue weighted by Gasteiger charge is 2.20. The van der Waals surface area contributed by atoms with E-state index < -0.39 is 0 Å². The van der Waals surface area contributed by atoms with Gasteiger partial charge in [0.25, 0.3) is 0 Å². The van der Waals surface area contributed by atoms with Crippen LogP contribution < -0.4 is 4.74 Å². The van der Waals surface area contributed by atoms with Gasteiger partial charge in [0.1, 0.15) is 11.9 Å². The number of aryl methyl sites for hydroxylation is 1. The highest BCUT2D eigenvalue weighted by Crippen LogP contribution is 2.13. The second-order valence-corrected chi connectivity index (χ2v) is 5.12. The summed E-state index contributed by atoms with van der Waals surface area (Å²) in [6, 6.07) is 7.63. The molecular weight excluding hydrogens is 278 g/mol. The van der Waals surface area contributed by atoms with E-state index in [0.29, 0.717) is 5.75 Å². The fourth-order valence-electron chi connectivity index (χ4n) is 2.21. The zero-order chi connectivity index (χ0) is 13.7. The lowest BCUT2D eigenvalue weighted by molar-refractivity contribution is -0.153. The van der Waals surface area contributed by atoms with E-state index in [9.17, 15) is 4.79 Å². The molecule has 1 saturated heterocycles. The Balaban J connectivity index is 0.00000200. The predicted octanol–water partition coefficient (Wildman–Crippen LogP) is 2.43. The quantitative estimate of drug-likeness (QED) is 0.801. The summed E-state index contributed by atoms with van der Waals surface area (Å²) in [5, 5.41) is 0. The average Bonchev–Trinajstić information content (AvgIpc) is 2.38. The molecule has 1 unspecified atom stereocenters. The van der Waals surface area contributed by atoms with Crippen LogP contribution in [0.2, 0.25) is 0 Å². The normalized spacial score (nSPS) is 19.0. The van der Waals surface area contributed by atoms with Crippen LogP contribution in [0.3, 0.4) is 0 Å². The van der Waals surface area contributed by atoms with E-state index in [4.69, 9.17) is 9.47 Å². The number of rotatable bonds is 4. The van der Waals surface area contributed by atoms with E-state index in [0.717, 1.165) is 25.9 Å². The van der Waals surface area contributed by atoms with Gasteiger partial charge in [0.2, 0.25) is 0 Å². The Bertz CT molecular complexity index is 422. The minimum atomic E-state index is -0.291. The molecule has 1 atom stereocenters. The number of nitrogens with zero attached hydrogens (tertiary/aromatic N) is 1. The standard InChI is InChI=1S/C15H21NO3.ClH/c1-12-5-7-13(8-6-12)18-11-15(17)19-14-4-3-9-16(2)10-14;/h5-8,14H,3-4,9-11H2,1-2H3;1H. The zero-order valence-corrected chi connectivity index (χ0v) is 12.8. The van der Waals surface area contributed by atoms with Crippen LogP contribution in [0.25, 0.3) is 0 Å². The number of esters is 1. The van der Waals surface area contributed by atoms with E-state index in [-0.39, 0.29) is 31.1 Å². The van der Waals surface area contributed by atoms with Crippen molar-refractivity contribution in [3.05, 3.63) is 29.8 Å². The molecule has 0 aromatic heterocycles. The van der Waals surface area contributed by atoms with Crippen LogP contribution in [0.15, 0.2) is 24.3 Å². The lowest BCUT2D eigenvalue weighted by Crippen LogP contribution is -2.38. The minimum Gasteiger partial charge on any atom is -0.482 e. The summed E-state index contributed by atoms with van der Waals surface area (Å²) in [5.74, 6) is 0.407. The van der Waals surface area contributed by atoms with Crippen LogP contribution in [-0.2, 0) is 9.53 Å². The molecule has 0 N–H and O–H groups in total. The van der Waals surface area contributed by atoms with Crippen molar-refractivity contribution in [3.8, 4) is 5.75 Å². The number of halogens is 1. The molecule has 112 valence electrons. The molecule has 0 amide bonds. The van der Waals surface area contributed by atoms with Crippen molar-refractivity contribution in [1.82, 2.24) is 4.90 Å². The van der Waals surface area contributed by atoms with Gasteiger partial charge in [-0.25, -0.2) is 4.79 Å². The van der Waals surface area contributed by atoms with E-state index in [1.54, 1.807) is 0 Å². The number of ether oxygens (including phenoxy) is 2. The number of carbonyl (C=O) groups is 1. The number of hydrogen-bond donors (Lipinski definition) is 0. The molecule has 0 spiro atoms. The summed E-state index contributed by atoms with van der Waals surface area (Å²) in [7, 11) is 2.04. The second kappa shape index (κ2) is 8.12. The third-order valence-electron chi connectivity index (χ3n) is 3.26. The summed E-state index contributed by atoms with van der Waals surface area (Å²) in [6.07, 6.45) is 2.03. The Morgan fingerprint density at radius 3 is 2.70 bits per heavy atom. The maximum absolute atomic E-state index is 11.7. The Hall–Kier alpha value is -1.26. The van der Waals surface area contributed by atoms with Gasteiger partial charge in [0, 0.05) is 6.54 Å². The molecular formula is C15H22ClNO3. The number of carbonyl (C=O) groups excluding carboxylic acids is 1. The molecule has 5 heteroatoms. The van der Waals surface area contributed by atoms with Crippen molar-refractivity contribution in [2.45, 2.75) is 25.9 Å². The largest absolute Gasteiger partial charge is 0.482 e. The number of piperidine rings is 1. The van der Waals surface area contributed by atoms with E-state index in [1.807, 2.05) is 38.2 Å². The summed E-state index contributed by atoms with van der Waals surface area (Å²) in [5.41, 5.74) is 1.17. The van der Waals surface area contributed by atoms with Crippen LogP contribution in [0, 0.1) is 6.92 Å². The first-order valence-electron chi connectivity index (χ1n) is 6.71. The molecule has 20 heavy (non-hydrogen) atoms. The van der Waals surface area contributed by atoms with Gasteiger partial charge in [0.15, 0.2) is 6.61 Å². The van der Waals surface area contributed by atoms with Crippen LogP contribution in [0.1, 0.15) is 18.4 Å². The summed E-state index contributed by atoms with van der Waals surface area (Å²) in [4.78, 5) is 13.9. The van der Waals surface area contributed by atoms with Crippen molar-refractivity contribution >= 4 is 18.4 Å². The summed E-state index contributed by atoms with van der Waals surface area (Å²) in [6.45, 7) is 3.88. The van der Waals surface area contributed by atoms with Crippen molar-refractivity contribution in [2.24, 2.45) is 0 Å². The van der Waals surface area contributed by atoms with Gasteiger partial charge in [-0.2, -0.15) is 0 Å². The maximum Gasteiger partial charge on any atom is 0.344 e. The van der Waals surface area contributed by atoms with Crippen LogP contribution in [0.5, 0.6) is 5.75 Å². The van der Waals surface area contributed by atoms with Crippen molar-refractivity contribution in [3.63, 3.8) is 0 Å². The topological polar surface area (TPSA) is 38.8 Å². The molecule has 0 saturated carbocycles. The highest BCUT2D eigenvalue weighted by atomic mass is 35.5. The molecule has 1 aliphatic rings. The van der Waals surface area contributed by atoms with E-state index >= 15 is 0 Å². The molecule has 1 aromatic rings. The van der Waals surface area contributed by atoms with Gasteiger partial charge < -0.3 is 14.4 Å². The van der Waals surface area contributed by atoms with Crippen molar-refractivity contribution in [1.29, 1.82) is 0 Å². The van der Waals surface area contributed by atoms with Gasteiger partial charge in [-0.05, 0) is 45.5 Å². The minimum absolute atomic E-state index is 0. The zero-order valence-electron chi connectivity index (χ0n) is 12.0. The Morgan fingerprint density at radius 2 is 2.05 bits per heavy atom. The second-order valence-electron chi connectivity index (χ2n) is 5.12. The Kier molecular flexibility index (Phi) is 6.82. The molecule has 1 heterocycles. The first-order valence-corrected chi connectivity index (χ1v) is 6.71. The van der Waals surface area contributed by atoms with Gasteiger partial charge in [-0.1, -0.05) is 17.7 Å². The number of hydrogen-bond acceptors (Lipinski definition) is 4. The summed E-state index contributed by atoms with van der Waals surface area (Å²) < 4.78 is 10.8. The van der Waals surface area contributed by atoms with Crippen LogP contribution in [0.4, 0.5) is 0 Å². The molecule has 0 radical (unpaired) electrons.